The summed E-state index contributed by atoms with van der Waals surface area (Å²) < 4.78 is 0. The van der Waals surface area contributed by atoms with Crippen LogP contribution in [0.25, 0.3) is 0 Å². The van der Waals surface area contributed by atoms with Gasteiger partial charge in [-0.3, -0.25) is 0 Å². The number of nitrogens with two attached hydrogens (primary N) is 1. The number of hydrogen-bond donors (Lipinski definition) is 1. The third-order valence-corrected chi connectivity index (χ3v) is 3.00. The fourth-order valence-corrected chi connectivity index (χ4v) is 2.20. The lowest BCUT2D eigenvalue weighted by atomic mass is 9.97. The first-order valence-corrected chi connectivity index (χ1v) is 5.14. The normalized spacial score (nSPS) is 20.9. The highest BCUT2D eigenvalue weighted by atomic mass is 15.1. The summed E-state index contributed by atoms with van der Waals surface area (Å²) in [7, 11) is 4.20. The second-order valence-electron chi connectivity index (χ2n) is 4.51. The van der Waals surface area contributed by atoms with Gasteiger partial charge in [0.15, 0.2) is 0 Å². The molecule has 1 fully saturated rings. The van der Waals surface area contributed by atoms with Gasteiger partial charge in [0.25, 0.3) is 0 Å². The van der Waals surface area contributed by atoms with Crippen LogP contribution in [0.4, 0.5) is 0 Å². The van der Waals surface area contributed by atoms with E-state index in [-0.39, 0.29) is 5.54 Å². The van der Waals surface area contributed by atoms with Crippen molar-refractivity contribution in [1.29, 1.82) is 0 Å². The van der Waals surface area contributed by atoms with Crippen LogP contribution in [0.2, 0.25) is 0 Å². The van der Waals surface area contributed by atoms with Crippen molar-refractivity contribution in [2.24, 2.45) is 5.73 Å². The van der Waals surface area contributed by atoms with Gasteiger partial charge in [0, 0.05) is 5.54 Å². The third-order valence-electron chi connectivity index (χ3n) is 3.00. The van der Waals surface area contributed by atoms with Gasteiger partial charge < -0.3 is 10.6 Å². The first-order chi connectivity index (χ1) is 6.63. The topological polar surface area (TPSA) is 29.3 Å². The highest BCUT2D eigenvalue weighted by Crippen LogP contribution is 2.45. The molecule has 0 heterocycles. The summed E-state index contributed by atoms with van der Waals surface area (Å²) in [6.07, 6.45) is 2.29. The smallest absolute Gasteiger partial charge is 0.0523 e. The second kappa shape index (κ2) is 3.37. The number of hydrogen-bond acceptors (Lipinski definition) is 2. The first-order valence-electron chi connectivity index (χ1n) is 5.14. The zero-order valence-electron chi connectivity index (χ0n) is 8.90. The molecule has 0 aliphatic heterocycles. The molecule has 1 aromatic carbocycles. The van der Waals surface area contributed by atoms with Crippen molar-refractivity contribution in [2.75, 3.05) is 14.1 Å². The number of nitrogens with zero attached hydrogens (tertiary/aromatic N) is 1. The molecule has 1 atom stereocenters. The van der Waals surface area contributed by atoms with Crippen molar-refractivity contribution in [1.82, 2.24) is 4.90 Å². The Bertz CT molecular complexity index is 301. The Morgan fingerprint density at radius 3 is 2.21 bits per heavy atom. The molecule has 0 amide bonds. The number of rotatable bonds is 3. The molecule has 1 aliphatic carbocycles. The van der Waals surface area contributed by atoms with E-state index in [1.807, 2.05) is 6.07 Å². The van der Waals surface area contributed by atoms with Gasteiger partial charge in [-0.05, 0) is 32.5 Å². The fraction of sp³-hybridized carbons (Fsp3) is 0.500. The maximum absolute atomic E-state index is 6.28. The molecule has 2 nitrogen and oxygen atoms in total. The number of likely N-dealkylation sites (N-methyl/N-ethyl adjacent to an activating group) is 1. The predicted molar refractivity (Wildman–Crippen MR) is 59.0 cm³/mol. The molecule has 0 saturated heterocycles. The van der Waals surface area contributed by atoms with Crippen molar-refractivity contribution in [3.63, 3.8) is 0 Å². The summed E-state index contributed by atoms with van der Waals surface area (Å²) >= 11 is 0. The lowest BCUT2D eigenvalue weighted by Gasteiger charge is -2.30. The molecule has 2 N–H and O–H groups in total. The van der Waals surface area contributed by atoms with Crippen molar-refractivity contribution in [3.8, 4) is 0 Å². The van der Waals surface area contributed by atoms with Crippen LogP contribution in [0, 0.1) is 0 Å². The minimum atomic E-state index is 0.0187. The SMILES string of the molecule is CN(C)C(c1ccccc1)C1(N)CC1. The summed E-state index contributed by atoms with van der Waals surface area (Å²) in [5.74, 6) is 0. The van der Waals surface area contributed by atoms with E-state index in [4.69, 9.17) is 5.73 Å². The lowest BCUT2D eigenvalue weighted by Crippen LogP contribution is -2.39. The van der Waals surface area contributed by atoms with Gasteiger partial charge in [0.2, 0.25) is 0 Å². The molecular weight excluding hydrogens is 172 g/mol. The minimum absolute atomic E-state index is 0.0187. The van der Waals surface area contributed by atoms with E-state index in [2.05, 4.69) is 43.3 Å². The van der Waals surface area contributed by atoms with Crippen LogP contribution in [0.1, 0.15) is 24.4 Å². The average molecular weight is 190 g/mol. The molecule has 76 valence electrons. The Morgan fingerprint density at radius 1 is 1.21 bits per heavy atom. The largest absolute Gasteiger partial charge is 0.323 e. The van der Waals surface area contributed by atoms with Crippen LogP contribution in [0.15, 0.2) is 30.3 Å². The Hall–Kier alpha value is -0.860. The van der Waals surface area contributed by atoms with Gasteiger partial charge in [-0.25, -0.2) is 0 Å². The van der Waals surface area contributed by atoms with Crippen LogP contribution in [0.3, 0.4) is 0 Å². The van der Waals surface area contributed by atoms with Crippen LogP contribution < -0.4 is 5.73 Å². The predicted octanol–water partition coefficient (Wildman–Crippen LogP) is 1.78. The van der Waals surface area contributed by atoms with Crippen molar-refractivity contribution < 1.29 is 0 Å². The molecule has 0 spiro atoms. The lowest BCUT2D eigenvalue weighted by molar-refractivity contribution is 0.246. The molecule has 1 aliphatic rings. The summed E-state index contributed by atoms with van der Waals surface area (Å²) in [6, 6.07) is 10.9. The summed E-state index contributed by atoms with van der Waals surface area (Å²) in [6.45, 7) is 0. The van der Waals surface area contributed by atoms with Gasteiger partial charge in [-0.1, -0.05) is 30.3 Å². The quantitative estimate of drug-likeness (QED) is 0.787. The average Bonchev–Trinajstić information content (AvgIpc) is 2.85. The van der Waals surface area contributed by atoms with E-state index in [0.717, 1.165) is 12.8 Å². The highest BCUT2D eigenvalue weighted by Gasteiger charge is 2.47. The van der Waals surface area contributed by atoms with Crippen LogP contribution in [0.5, 0.6) is 0 Å². The molecular formula is C12H18N2. The van der Waals surface area contributed by atoms with Crippen molar-refractivity contribution in [2.45, 2.75) is 24.4 Å². The molecule has 1 aromatic rings. The number of benzene rings is 1. The van der Waals surface area contributed by atoms with Gasteiger partial charge >= 0.3 is 0 Å². The van der Waals surface area contributed by atoms with Gasteiger partial charge in [0.1, 0.15) is 0 Å². The summed E-state index contributed by atoms with van der Waals surface area (Å²) in [5.41, 5.74) is 7.63. The Kier molecular flexibility index (Phi) is 2.33. The van der Waals surface area contributed by atoms with Crippen molar-refractivity contribution >= 4 is 0 Å². The minimum Gasteiger partial charge on any atom is -0.323 e. The molecule has 14 heavy (non-hydrogen) atoms. The molecule has 2 rings (SSSR count). The Labute approximate surface area is 85.7 Å². The van der Waals surface area contributed by atoms with E-state index >= 15 is 0 Å². The molecule has 0 aromatic heterocycles. The van der Waals surface area contributed by atoms with Crippen LogP contribution >= 0.6 is 0 Å². The van der Waals surface area contributed by atoms with Crippen molar-refractivity contribution in [3.05, 3.63) is 35.9 Å². The maximum atomic E-state index is 6.28. The molecule has 1 unspecified atom stereocenters. The Morgan fingerprint density at radius 2 is 1.79 bits per heavy atom. The van der Waals surface area contributed by atoms with E-state index in [1.165, 1.54) is 5.56 Å². The molecule has 2 heteroatoms. The summed E-state index contributed by atoms with van der Waals surface area (Å²) in [5, 5.41) is 0. The van der Waals surface area contributed by atoms with Crippen LogP contribution in [-0.4, -0.2) is 24.5 Å². The zero-order valence-corrected chi connectivity index (χ0v) is 8.90. The highest BCUT2D eigenvalue weighted by molar-refractivity contribution is 5.26. The van der Waals surface area contributed by atoms with Crippen LogP contribution in [-0.2, 0) is 0 Å². The molecule has 0 bridgehead atoms. The van der Waals surface area contributed by atoms with E-state index in [1.54, 1.807) is 0 Å². The van der Waals surface area contributed by atoms with E-state index in [0.29, 0.717) is 6.04 Å². The van der Waals surface area contributed by atoms with Gasteiger partial charge in [-0.2, -0.15) is 0 Å². The monoisotopic (exact) mass is 190 g/mol. The van der Waals surface area contributed by atoms with E-state index in [9.17, 15) is 0 Å². The first kappa shape index (κ1) is 9.69. The third kappa shape index (κ3) is 1.68. The zero-order chi connectivity index (χ0) is 10.2. The fourth-order valence-electron chi connectivity index (χ4n) is 2.20. The molecule has 0 radical (unpaired) electrons. The summed E-state index contributed by atoms with van der Waals surface area (Å²) in [4.78, 5) is 2.22. The van der Waals surface area contributed by atoms with E-state index < -0.39 is 0 Å². The maximum Gasteiger partial charge on any atom is 0.0523 e. The van der Waals surface area contributed by atoms with Gasteiger partial charge in [-0.15, -0.1) is 0 Å². The molecule has 1 saturated carbocycles. The second-order valence-corrected chi connectivity index (χ2v) is 4.51. The standard InChI is InChI=1S/C12H18N2/c1-14(2)11(12(13)8-9-12)10-6-4-3-5-7-10/h3-7,11H,8-9,13H2,1-2H3. The van der Waals surface area contributed by atoms with Gasteiger partial charge in [0.05, 0.1) is 6.04 Å². The Balaban J connectivity index is 2.28.